The molecule has 0 aliphatic rings. The summed E-state index contributed by atoms with van der Waals surface area (Å²) in [5.41, 5.74) is 6.54. The molecule has 0 aliphatic carbocycles. The molecule has 0 fully saturated rings. The van der Waals surface area contributed by atoms with Crippen LogP contribution in [0.15, 0.2) is 24.3 Å². The van der Waals surface area contributed by atoms with Gasteiger partial charge in [0.2, 0.25) is 5.91 Å². The first kappa shape index (κ1) is 17.5. The highest BCUT2D eigenvalue weighted by atomic mass is 16.5. The molecular formula is C16H26N2O3. The van der Waals surface area contributed by atoms with Crippen LogP contribution in [-0.2, 0) is 9.53 Å². The second-order valence-electron chi connectivity index (χ2n) is 5.32. The van der Waals surface area contributed by atoms with Crippen molar-refractivity contribution in [2.45, 2.75) is 45.4 Å². The van der Waals surface area contributed by atoms with E-state index < -0.39 is 0 Å². The van der Waals surface area contributed by atoms with E-state index in [1.807, 2.05) is 45.0 Å². The van der Waals surface area contributed by atoms with E-state index in [0.29, 0.717) is 6.54 Å². The molecule has 2 atom stereocenters. The fourth-order valence-electron chi connectivity index (χ4n) is 1.96. The van der Waals surface area contributed by atoms with Crippen LogP contribution >= 0.6 is 0 Å². The smallest absolute Gasteiger partial charge is 0.223 e. The predicted molar refractivity (Wildman–Crippen MR) is 83.2 cm³/mol. The first-order valence-electron chi connectivity index (χ1n) is 7.25. The molecule has 0 saturated carbocycles. The molecule has 5 heteroatoms. The third kappa shape index (κ3) is 6.14. The van der Waals surface area contributed by atoms with Crippen molar-refractivity contribution in [1.82, 2.24) is 5.32 Å². The van der Waals surface area contributed by atoms with Crippen LogP contribution in [0, 0.1) is 0 Å². The maximum atomic E-state index is 11.9. The molecule has 0 radical (unpaired) electrons. The van der Waals surface area contributed by atoms with Gasteiger partial charge >= 0.3 is 0 Å². The van der Waals surface area contributed by atoms with Gasteiger partial charge < -0.3 is 20.5 Å². The Morgan fingerprint density at radius 3 is 2.33 bits per heavy atom. The van der Waals surface area contributed by atoms with E-state index in [9.17, 15) is 4.79 Å². The lowest BCUT2D eigenvalue weighted by Gasteiger charge is -2.18. The quantitative estimate of drug-likeness (QED) is 0.769. The summed E-state index contributed by atoms with van der Waals surface area (Å²) in [5.74, 6) is 0.761. The van der Waals surface area contributed by atoms with Crippen LogP contribution in [0.2, 0.25) is 0 Å². The fourth-order valence-corrected chi connectivity index (χ4v) is 1.96. The average molecular weight is 294 g/mol. The van der Waals surface area contributed by atoms with Crippen LogP contribution in [0.3, 0.4) is 0 Å². The van der Waals surface area contributed by atoms with Gasteiger partial charge in [0.25, 0.3) is 0 Å². The van der Waals surface area contributed by atoms with Crippen molar-refractivity contribution in [2.24, 2.45) is 5.73 Å². The third-order valence-electron chi connectivity index (χ3n) is 3.14. The van der Waals surface area contributed by atoms with Crippen molar-refractivity contribution in [2.75, 3.05) is 13.7 Å². The molecular weight excluding hydrogens is 268 g/mol. The van der Waals surface area contributed by atoms with E-state index in [1.165, 1.54) is 0 Å². The Balaban J connectivity index is 2.54. The van der Waals surface area contributed by atoms with E-state index >= 15 is 0 Å². The van der Waals surface area contributed by atoms with Gasteiger partial charge in [0, 0.05) is 13.7 Å². The number of ether oxygens (including phenoxy) is 2. The minimum Gasteiger partial charge on any atom is -0.491 e. The summed E-state index contributed by atoms with van der Waals surface area (Å²) < 4.78 is 10.7. The van der Waals surface area contributed by atoms with Crippen molar-refractivity contribution in [3.63, 3.8) is 0 Å². The number of carbonyl (C=O) groups excluding carboxylic acids is 1. The number of nitrogens with one attached hydrogen (secondary N) is 1. The van der Waals surface area contributed by atoms with E-state index in [2.05, 4.69) is 5.32 Å². The molecule has 0 saturated heterocycles. The van der Waals surface area contributed by atoms with E-state index in [1.54, 1.807) is 7.11 Å². The zero-order valence-corrected chi connectivity index (χ0v) is 13.3. The molecule has 0 spiro atoms. The highest BCUT2D eigenvalue weighted by Gasteiger charge is 2.14. The normalized spacial score (nSPS) is 13.8. The van der Waals surface area contributed by atoms with Crippen LogP contribution in [0.4, 0.5) is 0 Å². The molecule has 118 valence electrons. The van der Waals surface area contributed by atoms with Crippen LogP contribution in [0.25, 0.3) is 0 Å². The zero-order chi connectivity index (χ0) is 15.8. The SMILES string of the molecule is COC(CN)CC(=O)NC(C)c1ccc(OC(C)C)cc1. The van der Waals surface area contributed by atoms with E-state index in [4.69, 9.17) is 15.2 Å². The number of rotatable bonds is 8. The van der Waals surface area contributed by atoms with Gasteiger partial charge in [-0.3, -0.25) is 4.79 Å². The number of nitrogens with two attached hydrogens (primary N) is 1. The number of amides is 1. The maximum Gasteiger partial charge on any atom is 0.223 e. The number of benzene rings is 1. The van der Waals surface area contributed by atoms with E-state index in [0.717, 1.165) is 11.3 Å². The van der Waals surface area contributed by atoms with Crippen molar-refractivity contribution in [3.8, 4) is 5.75 Å². The van der Waals surface area contributed by atoms with Gasteiger partial charge in [-0.05, 0) is 38.5 Å². The molecule has 0 bridgehead atoms. The summed E-state index contributed by atoms with van der Waals surface area (Å²) >= 11 is 0. The Morgan fingerprint density at radius 1 is 1.24 bits per heavy atom. The summed E-state index contributed by atoms with van der Waals surface area (Å²) in [6, 6.07) is 7.67. The van der Waals surface area contributed by atoms with Crippen molar-refractivity contribution in [3.05, 3.63) is 29.8 Å². The molecule has 1 rings (SSSR count). The second-order valence-corrected chi connectivity index (χ2v) is 5.32. The minimum atomic E-state index is -0.237. The fraction of sp³-hybridized carbons (Fsp3) is 0.562. The molecule has 1 aromatic rings. The molecule has 3 N–H and O–H groups in total. The largest absolute Gasteiger partial charge is 0.491 e. The highest BCUT2D eigenvalue weighted by molar-refractivity contribution is 5.77. The van der Waals surface area contributed by atoms with Crippen LogP contribution in [-0.4, -0.2) is 31.8 Å². The van der Waals surface area contributed by atoms with E-state index in [-0.39, 0.29) is 30.6 Å². The molecule has 0 aliphatic heterocycles. The van der Waals surface area contributed by atoms with Crippen molar-refractivity contribution in [1.29, 1.82) is 0 Å². The number of hydrogen-bond acceptors (Lipinski definition) is 4. The standard InChI is InChI=1S/C16H26N2O3/c1-11(2)21-14-7-5-13(6-8-14)12(3)18-16(19)9-15(10-17)20-4/h5-8,11-12,15H,9-10,17H2,1-4H3,(H,18,19). The van der Waals surface area contributed by atoms with Gasteiger partial charge in [-0.15, -0.1) is 0 Å². The Kier molecular flexibility index (Phi) is 7.19. The monoisotopic (exact) mass is 294 g/mol. The second kappa shape index (κ2) is 8.64. The van der Waals surface area contributed by atoms with Gasteiger partial charge in [-0.2, -0.15) is 0 Å². The van der Waals surface area contributed by atoms with Crippen LogP contribution in [0.5, 0.6) is 5.75 Å². The average Bonchev–Trinajstić information content (AvgIpc) is 2.44. The lowest BCUT2D eigenvalue weighted by molar-refractivity contribution is -0.124. The van der Waals surface area contributed by atoms with Crippen molar-refractivity contribution >= 4 is 5.91 Å². The molecule has 5 nitrogen and oxygen atoms in total. The predicted octanol–water partition coefficient (Wildman–Crippen LogP) is 2.01. The Bertz CT molecular complexity index is 428. The summed E-state index contributed by atoms with van der Waals surface area (Å²) in [6.07, 6.45) is 0.181. The zero-order valence-electron chi connectivity index (χ0n) is 13.3. The summed E-state index contributed by atoms with van der Waals surface area (Å²) in [7, 11) is 1.56. The summed E-state index contributed by atoms with van der Waals surface area (Å²) in [5, 5.41) is 2.94. The van der Waals surface area contributed by atoms with Gasteiger partial charge in [0.15, 0.2) is 0 Å². The molecule has 0 aromatic heterocycles. The van der Waals surface area contributed by atoms with Crippen molar-refractivity contribution < 1.29 is 14.3 Å². The minimum absolute atomic E-state index is 0.0673. The molecule has 2 unspecified atom stereocenters. The lowest BCUT2D eigenvalue weighted by atomic mass is 10.1. The number of hydrogen-bond donors (Lipinski definition) is 2. The topological polar surface area (TPSA) is 73.6 Å². The van der Waals surface area contributed by atoms with Gasteiger partial charge in [-0.25, -0.2) is 0 Å². The third-order valence-corrected chi connectivity index (χ3v) is 3.14. The number of carbonyl (C=O) groups is 1. The Labute approximate surface area is 126 Å². The van der Waals surface area contributed by atoms with Gasteiger partial charge in [0.05, 0.1) is 24.7 Å². The lowest BCUT2D eigenvalue weighted by Crippen LogP contribution is -2.33. The first-order chi connectivity index (χ1) is 9.96. The highest BCUT2D eigenvalue weighted by Crippen LogP contribution is 2.18. The molecule has 21 heavy (non-hydrogen) atoms. The maximum absolute atomic E-state index is 11.9. The molecule has 0 heterocycles. The van der Waals surface area contributed by atoms with Crippen LogP contribution in [0.1, 0.15) is 38.8 Å². The molecule has 1 aromatic carbocycles. The number of methoxy groups -OCH3 is 1. The summed E-state index contributed by atoms with van der Waals surface area (Å²) in [6.45, 7) is 6.25. The summed E-state index contributed by atoms with van der Waals surface area (Å²) in [4.78, 5) is 11.9. The molecule has 1 amide bonds. The van der Waals surface area contributed by atoms with Gasteiger partial charge in [0.1, 0.15) is 5.75 Å². The van der Waals surface area contributed by atoms with Gasteiger partial charge in [-0.1, -0.05) is 12.1 Å². The Morgan fingerprint density at radius 2 is 1.86 bits per heavy atom. The van der Waals surface area contributed by atoms with Crippen LogP contribution < -0.4 is 15.8 Å². The Hall–Kier alpha value is -1.59. The first-order valence-corrected chi connectivity index (χ1v) is 7.25.